The lowest BCUT2D eigenvalue weighted by Gasteiger charge is -2.28. The highest BCUT2D eigenvalue weighted by Crippen LogP contribution is 2.31. The van der Waals surface area contributed by atoms with Crippen molar-refractivity contribution in [1.82, 2.24) is 5.32 Å². The molecule has 15 heavy (non-hydrogen) atoms. The highest BCUT2D eigenvalue weighted by molar-refractivity contribution is 6.31. The van der Waals surface area contributed by atoms with E-state index < -0.39 is 0 Å². The van der Waals surface area contributed by atoms with Crippen molar-refractivity contribution < 1.29 is 0 Å². The summed E-state index contributed by atoms with van der Waals surface area (Å²) in [5.74, 6) is 0.715. The van der Waals surface area contributed by atoms with E-state index in [1.54, 1.807) is 0 Å². The number of fused-ring (bicyclic) bond motifs is 1. The zero-order valence-corrected chi connectivity index (χ0v) is 10.1. The monoisotopic (exact) mass is 223 g/mol. The standard InChI is InChI=1S/C13H18ClN/c1-9(2)8-13-11-4-3-5-12(14)10(11)6-7-15-13/h3-5,9,13,15H,6-8H2,1-2H3. The van der Waals surface area contributed by atoms with Gasteiger partial charge in [0.25, 0.3) is 0 Å². The third kappa shape index (κ3) is 2.35. The lowest BCUT2D eigenvalue weighted by atomic mass is 9.89. The Labute approximate surface area is 96.8 Å². The zero-order chi connectivity index (χ0) is 10.8. The quantitative estimate of drug-likeness (QED) is 0.809. The molecule has 1 N–H and O–H groups in total. The Balaban J connectivity index is 2.30. The van der Waals surface area contributed by atoms with E-state index >= 15 is 0 Å². The zero-order valence-electron chi connectivity index (χ0n) is 9.39. The van der Waals surface area contributed by atoms with E-state index in [2.05, 4.69) is 31.3 Å². The van der Waals surface area contributed by atoms with Crippen LogP contribution in [0.1, 0.15) is 37.4 Å². The normalized spacial score (nSPS) is 20.4. The van der Waals surface area contributed by atoms with Crippen molar-refractivity contribution in [2.75, 3.05) is 6.54 Å². The van der Waals surface area contributed by atoms with Crippen molar-refractivity contribution >= 4 is 11.6 Å². The van der Waals surface area contributed by atoms with Gasteiger partial charge in [0.1, 0.15) is 0 Å². The van der Waals surface area contributed by atoms with Crippen LogP contribution in [0.2, 0.25) is 5.02 Å². The molecule has 0 amide bonds. The van der Waals surface area contributed by atoms with Crippen LogP contribution in [0.3, 0.4) is 0 Å². The fraction of sp³-hybridized carbons (Fsp3) is 0.538. The molecule has 1 aliphatic heterocycles. The van der Waals surface area contributed by atoms with Gasteiger partial charge in [-0.3, -0.25) is 0 Å². The summed E-state index contributed by atoms with van der Waals surface area (Å²) >= 11 is 6.22. The maximum atomic E-state index is 6.22. The predicted molar refractivity (Wildman–Crippen MR) is 65.4 cm³/mol. The Morgan fingerprint density at radius 1 is 1.47 bits per heavy atom. The average Bonchev–Trinajstić information content (AvgIpc) is 2.19. The summed E-state index contributed by atoms with van der Waals surface area (Å²) < 4.78 is 0. The minimum absolute atomic E-state index is 0.493. The Morgan fingerprint density at radius 3 is 3.00 bits per heavy atom. The molecular weight excluding hydrogens is 206 g/mol. The van der Waals surface area contributed by atoms with Gasteiger partial charge in [-0.25, -0.2) is 0 Å². The van der Waals surface area contributed by atoms with Gasteiger partial charge in [0.2, 0.25) is 0 Å². The summed E-state index contributed by atoms with van der Waals surface area (Å²) in [5.41, 5.74) is 2.76. The van der Waals surface area contributed by atoms with Crippen LogP contribution in [0.5, 0.6) is 0 Å². The Kier molecular flexibility index (Phi) is 3.32. The number of rotatable bonds is 2. The van der Waals surface area contributed by atoms with Gasteiger partial charge in [-0.15, -0.1) is 0 Å². The van der Waals surface area contributed by atoms with Gasteiger partial charge in [0.05, 0.1) is 0 Å². The summed E-state index contributed by atoms with van der Waals surface area (Å²) in [4.78, 5) is 0. The molecule has 1 aromatic carbocycles. The topological polar surface area (TPSA) is 12.0 Å². The van der Waals surface area contributed by atoms with Gasteiger partial charge in [-0.05, 0) is 42.5 Å². The molecule has 0 bridgehead atoms. The van der Waals surface area contributed by atoms with Crippen molar-refractivity contribution in [2.45, 2.75) is 32.7 Å². The first-order valence-electron chi connectivity index (χ1n) is 5.69. The lowest BCUT2D eigenvalue weighted by Crippen LogP contribution is -2.30. The second-order valence-corrected chi connectivity index (χ2v) is 5.10. The first-order valence-corrected chi connectivity index (χ1v) is 6.07. The van der Waals surface area contributed by atoms with Gasteiger partial charge in [-0.1, -0.05) is 37.6 Å². The Bertz CT molecular complexity index is 346. The van der Waals surface area contributed by atoms with Crippen LogP contribution in [0.4, 0.5) is 0 Å². The Hall–Kier alpha value is -0.530. The summed E-state index contributed by atoms with van der Waals surface area (Å²) in [5, 5.41) is 4.51. The first-order chi connectivity index (χ1) is 7.18. The average molecular weight is 224 g/mol. The van der Waals surface area contributed by atoms with Gasteiger partial charge < -0.3 is 5.32 Å². The molecule has 0 fully saturated rings. The molecule has 1 nitrogen and oxygen atoms in total. The minimum Gasteiger partial charge on any atom is -0.310 e. The van der Waals surface area contributed by atoms with Gasteiger partial charge >= 0.3 is 0 Å². The molecule has 0 saturated heterocycles. The van der Waals surface area contributed by atoms with E-state index in [4.69, 9.17) is 11.6 Å². The number of hydrogen-bond donors (Lipinski definition) is 1. The van der Waals surface area contributed by atoms with E-state index in [1.165, 1.54) is 17.5 Å². The van der Waals surface area contributed by atoms with Gasteiger partial charge in [0.15, 0.2) is 0 Å². The number of hydrogen-bond acceptors (Lipinski definition) is 1. The SMILES string of the molecule is CC(C)CC1NCCc2c(Cl)cccc21. The van der Waals surface area contributed by atoms with E-state index in [0.717, 1.165) is 18.0 Å². The number of halogens is 1. The molecule has 1 unspecified atom stereocenters. The molecule has 2 heteroatoms. The van der Waals surface area contributed by atoms with Crippen LogP contribution < -0.4 is 5.32 Å². The van der Waals surface area contributed by atoms with E-state index in [1.807, 2.05) is 6.07 Å². The third-order valence-electron chi connectivity index (χ3n) is 3.00. The molecule has 1 aliphatic rings. The first kappa shape index (κ1) is 11.0. The fourth-order valence-corrected chi connectivity index (χ4v) is 2.60. The molecule has 0 spiro atoms. The van der Waals surface area contributed by atoms with E-state index in [9.17, 15) is 0 Å². The minimum atomic E-state index is 0.493. The van der Waals surface area contributed by atoms with Crippen LogP contribution in [0, 0.1) is 5.92 Å². The molecule has 82 valence electrons. The molecule has 0 aliphatic carbocycles. The molecular formula is C13H18ClN. The van der Waals surface area contributed by atoms with Gasteiger partial charge in [-0.2, -0.15) is 0 Å². The molecule has 1 aromatic rings. The summed E-state index contributed by atoms with van der Waals surface area (Å²) in [7, 11) is 0. The van der Waals surface area contributed by atoms with Crippen LogP contribution in [0.15, 0.2) is 18.2 Å². The third-order valence-corrected chi connectivity index (χ3v) is 3.36. The van der Waals surface area contributed by atoms with E-state index in [0.29, 0.717) is 12.0 Å². The highest BCUT2D eigenvalue weighted by atomic mass is 35.5. The largest absolute Gasteiger partial charge is 0.310 e. The van der Waals surface area contributed by atoms with Crippen LogP contribution >= 0.6 is 11.6 Å². The fourth-order valence-electron chi connectivity index (χ4n) is 2.33. The van der Waals surface area contributed by atoms with Gasteiger partial charge in [0, 0.05) is 11.1 Å². The van der Waals surface area contributed by atoms with Crippen molar-refractivity contribution in [3.63, 3.8) is 0 Å². The smallest absolute Gasteiger partial charge is 0.0441 e. The predicted octanol–water partition coefficient (Wildman–Crippen LogP) is 3.57. The van der Waals surface area contributed by atoms with Crippen molar-refractivity contribution in [3.8, 4) is 0 Å². The number of nitrogens with one attached hydrogen (secondary N) is 1. The maximum absolute atomic E-state index is 6.22. The van der Waals surface area contributed by atoms with Crippen molar-refractivity contribution in [1.29, 1.82) is 0 Å². The molecule has 1 heterocycles. The molecule has 2 rings (SSSR count). The summed E-state index contributed by atoms with van der Waals surface area (Å²) in [6, 6.07) is 6.76. The van der Waals surface area contributed by atoms with E-state index in [-0.39, 0.29) is 0 Å². The molecule has 1 atom stereocenters. The summed E-state index contributed by atoms with van der Waals surface area (Å²) in [6.07, 6.45) is 2.25. The Morgan fingerprint density at radius 2 is 2.27 bits per heavy atom. The van der Waals surface area contributed by atoms with Crippen molar-refractivity contribution in [3.05, 3.63) is 34.3 Å². The molecule has 0 aromatic heterocycles. The number of benzene rings is 1. The summed E-state index contributed by atoms with van der Waals surface area (Å²) in [6.45, 7) is 5.58. The highest BCUT2D eigenvalue weighted by Gasteiger charge is 2.21. The maximum Gasteiger partial charge on any atom is 0.0441 e. The second-order valence-electron chi connectivity index (χ2n) is 4.69. The van der Waals surface area contributed by atoms with Crippen LogP contribution in [-0.2, 0) is 6.42 Å². The van der Waals surface area contributed by atoms with Crippen LogP contribution in [0.25, 0.3) is 0 Å². The van der Waals surface area contributed by atoms with Crippen LogP contribution in [-0.4, -0.2) is 6.54 Å². The second kappa shape index (κ2) is 4.54. The molecule has 0 saturated carbocycles. The van der Waals surface area contributed by atoms with Crippen molar-refractivity contribution in [2.24, 2.45) is 5.92 Å². The molecule has 0 radical (unpaired) electrons. The lowest BCUT2D eigenvalue weighted by molar-refractivity contribution is 0.414.